The van der Waals surface area contributed by atoms with E-state index in [-0.39, 0.29) is 30.9 Å². The molecule has 0 aliphatic rings. The molecule has 12 nitrogen and oxygen atoms in total. The number of oxime groups is 1. The van der Waals surface area contributed by atoms with E-state index in [2.05, 4.69) is 27.6 Å². The van der Waals surface area contributed by atoms with Crippen LogP contribution in [0.1, 0.15) is 22.3 Å². The molecule has 0 aliphatic carbocycles. The molecule has 2 amide bonds. The van der Waals surface area contributed by atoms with Crippen molar-refractivity contribution in [1.29, 1.82) is 5.26 Å². The molecule has 0 bridgehead atoms. The molecule has 0 heterocycles. The zero-order valence-electron chi connectivity index (χ0n) is 28.3. The lowest BCUT2D eigenvalue weighted by molar-refractivity contribution is -0.112. The molecule has 4 aromatic rings. The van der Waals surface area contributed by atoms with Gasteiger partial charge in [-0.15, -0.1) is 12.8 Å². The van der Waals surface area contributed by atoms with Crippen molar-refractivity contribution >= 4 is 41.2 Å². The van der Waals surface area contributed by atoms with Gasteiger partial charge in [0.05, 0.1) is 31.2 Å². The van der Waals surface area contributed by atoms with Gasteiger partial charge in [-0.05, 0) is 71.8 Å². The SMILES string of the molecule is C#CCOc1ccc(/C=C/C(=O)Nc2ccccc2C#N)cc1OC.C#CCOc1ccc(/C=C/C(=O)Nc2ccccc2C(N)=NO)cc1OC. The van der Waals surface area contributed by atoms with Gasteiger partial charge in [0.2, 0.25) is 11.8 Å². The first-order valence-electron chi connectivity index (χ1n) is 15.3. The summed E-state index contributed by atoms with van der Waals surface area (Å²) in [5.74, 6) is 6.04. The van der Waals surface area contributed by atoms with Gasteiger partial charge in [0.25, 0.3) is 0 Å². The van der Waals surface area contributed by atoms with Gasteiger partial charge in [0, 0.05) is 17.7 Å². The summed E-state index contributed by atoms with van der Waals surface area (Å²) < 4.78 is 21.3. The Morgan fingerprint density at radius 1 is 0.769 bits per heavy atom. The highest BCUT2D eigenvalue weighted by Gasteiger charge is 2.09. The number of hydrogen-bond donors (Lipinski definition) is 4. The molecule has 262 valence electrons. The molecule has 0 spiro atoms. The Hall–Kier alpha value is -7.62. The minimum atomic E-state index is -0.375. The lowest BCUT2D eigenvalue weighted by atomic mass is 10.1. The van der Waals surface area contributed by atoms with Crippen LogP contribution in [0.3, 0.4) is 0 Å². The van der Waals surface area contributed by atoms with Gasteiger partial charge in [0.1, 0.15) is 19.3 Å². The number of hydrogen-bond acceptors (Lipinski definition) is 9. The highest BCUT2D eigenvalue weighted by Crippen LogP contribution is 2.29. The van der Waals surface area contributed by atoms with E-state index in [1.54, 1.807) is 97.1 Å². The predicted octanol–water partition coefficient (Wildman–Crippen LogP) is 5.68. The number of carbonyl (C=O) groups is 2. The number of rotatable bonds is 13. The number of amidine groups is 1. The number of carbonyl (C=O) groups excluding carboxylic acids is 2. The lowest BCUT2D eigenvalue weighted by Crippen LogP contribution is -2.17. The number of terminal acetylenes is 2. The molecule has 0 unspecified atom stereocenters. The van der Waals surface area contributed by atoms with Crippen LogP contribution in [0.5, 0.6) is 23.0 Å². The fraction of sp³-hybridized carbons (Fsp3) is 0.100. The predicted molar refractivity (Wildman–Crippen MR) is 200 cm³/mol. The average Bonchev–Trinajstić information content (AvgIpc) is 3.18. The Morgan fingerprint density at radius 3 is 1.73 bits per heavy atom. The first-order valence-corrected chi connectivity index (χ1v) is 15.3. The Kier molecular flexibility index (Phi) is 15.4. The second-order valence-corrected chi connectivity index (χ2v) is 10.1. The lowest BCUT2D eigenvalue weighted by Gasteiger charge is -2.09. The largest absolute Gasteiger partial charge is 0.493 e. The summed E-state index contributed by atoms with van der Waals surface area (Å²) >= 11 is 0. The molecule has 0 aliphatic heterocycles. The molecular formula is C40H35N5O7. The van der Waals surface area contributed by atoms with Crippen LogP contribution >= 0.6 is 0 Å². The average molecular weight is 698 g/mol. The third kappa shape index (κ3) is 11.8. The standard InChI is InChI=1S/C20H19N3O4.C20H16N2O3/c1-3-12-27-17-10-8-14(13-18(17)26-2)9-11-19(24)22-16-7-5-4-6-15(16)20(21)23-25;1-3-12-25-18-10-8-15(13-19(18)24-2)9-11-20(23)22-17-7-5-4-6-16(17)14-21/h1,4-11,13,25H,12H2,2H3,(H2,21,23)(H,22,24);1,4-11,13H,12H2,2H3,(H,22,23)/b2*11-9+. The molecule has 5 N–H and O–H groups in total. The summed E-state index contributed by atoms with van der Waals surface area (Å²) in [7, 11) is 3.04. The fourth-order valence-electron chi connectivity index (χ4n) is 4.30. The molecular weight excluding hydrogens is 662 g/mol. The first kappa shape index (κ1) is 38.8. The maximum Gasteiger partial charge on any atom is 0.248 e. The van der Waals surface area contributed by atoms with Crippen molar-refractivity contribution in [2.45, 2.75) is 0 Å². The van der Waals surface area contributed by atoms with Crippen molar-refractivity contribution in [2.24, 2.45) is 10.9 Å². The Bertz CT molecular complexity index is 2090. The van der Waals surface area contributed by atoms with Crippen molar-refractivity contribution in [3.63, 3.8) is 0 Å². The van der Waals surface area contributed by atoms with E-state index in [0.717, 1.165) is 11.1 Å². The van der Waals surface area contributed by atoms with E-state index in [1.807, 2.05) is 6.07 Å². The molecule has 0 radical (unpaired) electrons. The van der Waals surface area contributed by atoms with Gasteiger partial charge < -0.3 is 40.5 Å². The fourth-order valence-corrected chi connectivity index (χ4v) is 4.30. The summed E-state index contributed by atoms with van der Waals surface area (Å²) in [6.45, 7) is 0.278. The number of para-hydroxylation sites is 2. The smallest absolute Gasteiger partial charge is 0.248 e. The van der Waals surface area contributed by atoms with Gasteiger partial charge in [-0.25, -0.2) is 0 Å². The van der Waals surface area contributed by atoms with E-state index in [9.17, 15) is 9.59 Å². The number of nitriles is 1. The number of amides is 2. The van der Waals surface area contributed by atoms with Gasteiger partial charge in [-0.2, -0.15) is 5.26 Å². The van der Waals surface area contributed by atoms with Crippen LogP contribution in [-0.4, -0.2) is 50.3 Å². The summed E-state index contributed by atoms with van der Waals surface area (Å²) in [5, 5.41) is 26.2. The van der Waals surface area contributed by atoms with Crippen LogP contribution in [0.15, 0.2) is 102 Å². The molecule has 0 saturated carbocycles. The monoisotopic (exact) mass is 697 g/mol. The number of nitrogens with two attached hydrogens (primary N) is 1. The van der Waals surface area contributed by atoms with Gasteiger partial charge in [0.15, 0.2) is 28.8 Å². The highest BCUT2D eigenvalue weighted by atomic mass is 16.5. The number of benzene rings is 4. The van der Waals surface area contributed by atoms with E-state index in [0.29, 0.717) is 45.5 Å². The van der Waals surface area contributed by atoms with E-state index in [1.165, 1.54) is 26.4 Å². The van der Waals surface area contributed by atoms with E-state index >= 15 is 0 Å². The molecule has 0 aromatic heterocycles. The maximum absolute atomic E-state index is 12.2. The Morgan fingerprint density at radius 2 is 1.25 bits per heavy atom. The number of nitrogens with one attached hydrogen (secondary N) is 2. The molecule has 4 aromatic carbocycles. The van der Waals surface area contributed by atoms with Crippen molar-refractivity contribution in [1.82, 2.24) is 0 Å². The van der Waals surface area contributed by atoms with E-state index in [4.69, 9.17) is 48.0 Å². The van der Waals surface area contributed by atoms with Gasteiger partial charge >= 0.3 is 0 Å². The quantitative estimate of drug-likeness (QED) is 0.0342. The third-order valence-corrected chi connectivity index (χ3v) is 6.73. The number of methoxy groups -OCH3 is 2. The maximum atomic E-state index is 12.2. The van der Waals surface area contributed by atoms with Crippen molar-refractivity contribution in [3.05, 3.63) is 119 Å². The molecule has 0 saturated heterocycles. The summed E-state index contributed by atoms with van der Waals surface area (Å²) in [6, 6.07) is 26.0. The highest BCUT2D eigenvalue weighted by molar-refractivity contribution is 6.08. The number of nitrogens with zero attached hydrogens (tertiary/aromatic N) is 2. The second kappa shape index (κ2) is 20.7. The van der Waals surface area contributed by atoms with Crippen molar-refractivity contribution in [3.8, 4) is 53.8 Å². The minimum absolute atomic E-state index is 0.0952. The zero-order valence-corrected chi connectivity index (χ0v) is 28.3. The first-order chi connectivity index (χ1) is 25.3. The third-order valence-electron chi connectivity index (χ3n) is 6.73. The van der Waals surface area contributed by atoms with Crippen molar-refractivity contribution < 1.29 is 33.7 Å². The van der Waals surface area contributed by atoms with Crippen LogP contribution < -0.4 is 35.3 Å². The molecule has 4 rings (SSSR count). The normalized spacial score (nSPS) is 10.5. The van der Waals surface area contributed by atoms with Crippen LogP contribution in [0.25, 0.3) is 12.2 Å². The molecule has 12 heteroatoms. The molecule has 52 heavy (non-hydrogen) atoms. The summed E-state index contributed by atoms with van der Waals surface area (Å²) in [4.78, 5) is 24.2. The van der Waals surface area contributed by atoms with Gasteiger partial charge in [-0.3, -0.25) is 9.59 Å². The number of ether oxygens (including phenoxy) is 4. The second-order valence-electron chi connectivity index (χ2n) is 10.1. The zero-order chi connectivity index (χ0) is 37.7. The summed E-state index contributed by atoms with van der Waals surface area (Å²) in [6.07, 6.45) is 16.3. The van der Waals surface area contributed by atoms with E-state index < -0.39 is 0 Å². The van der Waals surface area contributed by atoms with Crippen LogP contribution in [0.4, 0.5) is 11.4 Å². The van der Waals surface area contributed by atoms with Gasteiger partial charge in [-0.1, -0.05) is 53.4 Å². The van der Waals surface area contributed by atoms with Crippen LogP contribution in [0.2, 0.25) is 0 Å². The molecule has 0 fully saturated rings. The van der Waals surface area contributed by atoms with Crippen LogP contribution in [0, 0.1) is 36.0 Å². The Labute approximate surface area is 301 Å². The Balaban J connectivity index is 0.000000281. The van der Waals surface area contributed by atoms with Crippen LogP contribution in [-0.2, 0) is 9.59 Å². The number of anilines is 2. The summed E-state index contributed by atoms with van der Waals surface area (Å²) in [5.41, 5.74) is 8.82. The minimum Gasteiger partial charge on any atom is -0.493 e. The molecule has 0 atom stereocenters. The topological polar surface area (TPSA) is 178 Å². The van der Waals surface area contributed by atoms with Crippen molar-refractivity contribution in [2.75, 3.05) is 38.1 Å².